The minimum Gasteiger partial charge on any atom is -0.494 e. The lowest BCUT2D eigenvalue weighted by molar-refractivity contribution is -0.118. The number of nitrogens with zero attached hydrogens (tertiary/aromatic N) is 3. The largest absolute Gasteiger partial charge is 0.494 e. The molecule has 1 amide bonds. The zero-order chi connectivity index (χ0) is 20.9. The lowest BCUT2D eigenvalue weighted by atomic mass is 10.3. The summed E-state index contributed by atoms with van der Waals surface area (Å²) in [5.74, 6) is 1.17. The normalized spacial score (nSPS) is 10.7. The summed E-state index contributed by atoms with van der Waals surface area (Å²) in [6.45, 7) is 2.48. The Labute approximate surface area is 181 Å². The van der Waals surface area contributed by atoms with E-state index in [2.05, 4.69) is 31.4 Å². The summed E-state index contributed by atoms with van der Waals surface area (Å²) in [5, 5.41) is 11.8. The third-order valence-electron chi connectivity index (χ3n) is 4.23. The van der Waals surface area contributed by atoms with Crippen molar-refractivity contribution in [2.24, 2.45) is 0 Å². The second-order valence-corrected chi connectivity index (χ2v) is 7.33. The van der Waals surface area contributed by atoms with Crippen LogP contribution in [-0.2, 0) is 4.79 Å². The Morgan fingerprint density at radius 1 is 0.933 bits per heavy atom. The zero-order valence-corrected chi connectivity index (χ0v) is 17.8. The predicted molar refractivity (Wildman–Crippen MR) is 118 cm³/mol. The van der Waals surface area contributed by atoms with E-state index in [0.717, 1.165) is 21.4 Å². The number of nitrogens with one attached hydrogen (secondary N) is 1. The second kappa shape index (κ2) is 8.96. The van der Waals surface area contributed by atoms with Gasteiger partial charge >= 0.3 is 0 Å². The Morgan fingerprint density at radius 3 is 2.33 bits per heavy atom. The van der Waals surface area contributed by atoms with Crippen LogP contribution in [0.2, 0.25) is 0 Å². The smallest absolute Gasteiger partial charge is 0.262 e. The van der Waals surface area contributed by atoms with E-state index in [9.17, 15) is 4.79 Å². The van der Waals surface area contributed by atoms with Crippen LogP contribution < -0.4 is 14.8 Å². The molecule has 0 atom stereocenters. The summed E-state index contributed by atoms with van der Waals surface area (Å²) >= 11 is 3.36. The Hall–Kier alpha value is -3.39. The van der Waals surface area contributed by atoms with Gasteiger partial charge in [-0.3, -0.25) is 4.79 Å². The summed E-state index contributed by atoms with van der Waals surface area (Å²) in [7, 11) is 0. The highest BCUT2D eigenvalue weighted by molar-refractivity contribution is 9.10. The third kappa shape index (κ3) is 4.77. The lowest BCUT2D eigenvalue weighted by Crippen LogP contribution is -2.20. The minimum atomic E-state index is -0.254. The number of amides is 1. The SMILES string of the molecule is CCOc1ccc(-n2nc3ccc(NC(=O)COc4ccc(Br)cc4)cc3n2)cc1. The molecule has 30 heavy (non-hydrogen) atoms. The number of halogens is 1. The van der Waals surface area contributed by atoms with E-state index in [0.29, 0.717) is 23.6 Å². The summed E-state index contributed by atoms with van der Waals surface area (Å²) in [6, 6.07) is 20.2. The van der Waals surface area contributed by atoms with Crippen molar-refractivity contribution >= 4 is 38.6 Å². The highest BCUT2D eigenvalue weighted by Gasteiger charge is 2.09. The van der Waals surface area contributed by atoms with E-state index in [-0.39, 0.29) is 12.5 Å². The molecule has 0 aliphatic heterocycles. The Balaban J connectivity index is 1.42. The van der Waals surface area contributed by atoms with Crippen LogP contribution in [0.1, 0.15) is 6.92 Å². The highest BCUT2D eigenvalue weighted by Crippen LogP contribution is 2.20. The summed E-state index contributed by atoms with van der Waals surface area (Å²) < 4.78 is 11.9. The van der Waals surface area contributed by atoms with Gasteiger partial charge in [0.15, 0.2) is 6.61 Å². The molecule has 1 N–H and O–H groups in total. The standard InChI is InChI=1S/C22H19BrN4O3/c1-2-29-18-10-6-17(7-11-18)27-25-20-12-5-16(13-21(20)26-27)24-22(28)14-30-19-8-3-15(23)4-9-19/h3-13H,2,14H2,1H3,(H,24,28). The van der Waals surface area contributed by atoms with Crippen molar-refractivity contribution in [3.63, 3.8) is 0 Å². The fraction of sp³-hybridized carbons (Fsp3) is 0.136. The molecule has 0 unspecified atom stereocenters. The average molecular weight is 467 g/mol. The van der Waals surface area contributed by atoms with Crippen LogP contribution >= 0.6 is 15.9 Å². The number of carbonyl (C=O) groups is 1. The van der Waals surface area contributed by atoms with E-state index in [4.69, 9.17) is 9.47 Å². The Morgan fingerprint density at radius 2 is 1.60 bits per heavy atom. The van der Waals surface area contributed by atoms with Gasteiger partial charge in [-0.05, 0) is 73.7 Å². The van der Waals surface area contributed by atoms with Gasteiger partial charge in [-0.25, -0.2) is 0 Å². The third-order valence-corrected chi connectivity index (χ3v) is 4.75. The molecule has 152 valence electrons. The molecule has 0 bridgehead atoms. The molecule has 0 saturated carbocycles. The average Bonchev–Trinajstić information content (AvgIpc) is 3.17. The molecule has 8 heteroatoms. The number of ether oxygens (including phenoxy) is 2. The first kappa shape index (κ1) is 19.9. The number of benzene rings is 3. The first-order valence-corrected chi connectivity index (χ1v) is 10.2. The number of carbonyl (C=O) groups excluding carboxylic acids is 1. The topological polar surface area (TPSA) is 78.3 Å². The molecule has 0 saturated heterocycles. The fourth-order valence-corrected chi connectivity index (χ4v) is 3.09. The maximum absolute atomic E-state index is 12.2. The predicted octanol–water partition coefficient (Wildman–Crippen LogP) is 4.60. The highest BCUT2D eigenvalue weighted by atomic mass is 79.9. The molecular weight excluding hydrogens is 448 g/mol. The van der Waals surface area contributed by atoms with Crippen molar-refractivity contribution < 1.29 is 14.3 Å². The van der Waals surface area contributed by atoms with E-state index in [1.807, 2.05) is 49.4 Å². The molecule has 0 aliphatic rings. The van der Waals surface area contributed by atoms with Crippen LogP contribution in [0.3, 0.4) is 0 Å². The van der Waals surface area contributed by atoms with Crippen molar-refractivity contribution in [2.45, 2.75) is 6.92 Å². The van der Waals surface area contributed by atoms with Gasteiger partial charge in [0.1, 0.15) is 22.5 Å². The maximum atomic E-state index is 12.2. The molecule has 0 aliphatic carbocycles. The van der Waals surface area contributed by atoms with Crippen molar-refractivity contribution in [3.8, 4) is 17.2 Å². The molecule has 7 nitrogen and oxygen atoms in total. The number of anilines is 1. The maximum Gasteiger partial charge on any atom is 0.262 e. The van der Waals surface area contributed by atoms with Crippen LogP contribution in [0.15, 0.2) is 71.2 Å². The van der Waals surface area contributed by atoms with E-state index in [1.54, 1.807) is 29.1 Å². The summed E-state index contributed by atoms with van der Waals surface area (Å²) in [4.78, 5) is 13.8. The second-order valence-electron chi connectivity index (χ2n) is 6.41. The van der Waals surface area contributed by atoms with Crippen LogP contribution in [0.5, 0.6) is 11.5 Å². The van der Waals surface area contributed by atoms with Crippen molar-refractivity contribution in [2.75, 3.05) is 18.5 Å². The van der Waals surface area contributed by atoms with Gasteiger partial charge < -0.3 is 14.8 Å². The molecule has 4 aromatic rings. The van der Waals surface area contributed by atoms with Gasteiger partial charge in [0.25, 0.3) is 5.91 Å². The monoisotopic (exact) mass is 466 g/mol. The van der Waals surface area contributed by atoms with E-state index >= 15 is 0 Å². The van der Waals surface area contributed by atoms with Crippen LogP contribution in [0.4, 0.5) is 5.69 Å². The number of hydrogen-bond donors (Lipinski definition) is 1. The van der Waals surface area contributed by atoms with Gasteiger partial charge in [-0.1, -0.05) is 15.9 Å². The first-order chi connectivity index (χ1) is 14.6. The van der Waals surface area contributed by atoms with Crippen molar-refractivity contribution in [1.82, 2.24) is 15.0 Å². The summed E-state index contributed by atoms with van der Waals surface area (Å²) in [6.07, 6.45) is 0. The quantitative estimate of drug-likeness (QED) is 0.430. The van der Waals surface area contributed by atoms with Crippen LogP contribution in [0.25, 0.3) is 16.7 Å². The van der Waals surface area contributed by atoms with E-state index < -0.39 is 0 Å². The van der Waals surface area contributed by atoms with Gasteiger partial charge in [0, 0.05) is 10.2 Å². The molecule has 1 aromatic heterocycles. The number of rotatable bonds is 7. The van der Waals surface area contributed by atoms with Gasteiger partial charge in [0.2, 0.25) is 0 Å². The molecule has 0 radical (unpaired) electrons. The van der Waals surface area contributed by atoms with Gasteiger partial charge in [0.05, 0.1) is 12.3 Å². The lowest BCUT2D eigenvalue weighted by Gasteiger charge is -2.07. The number of fused-ring (bicyclic) bond motifs is 1. The Bertz CT molecular complexity index is 1160. The summed E-state index contributed by atoms with van der Waals surface area (Å²) in [5.41, 5.74) is 2.86. The van der Waals surface area contributed by atoms with Crippen molar-refractivity contribution in [3.05, 3.63) is 71.2 Å². The van der Waals surface area contributed by atoms with Crippen LogP contribution in [-0.4, -0.2) is 34.1 Å². The number of aromatic nitrogens is 3. The Kier molecular flexibility index (Phi) is 5.94. The molecular formula is C22H19BrN4O3. The number of hydrogen-bond acceptors (Lipinski definition) is 5. The minimum absolute atomic E-state index is 0.0848. The molecule has 0 spiro atoms. The molecule has 0 fully saturated rings. The van der Waals surface area contributed by atoms with E-state index in [1.165, 1.54) is 0 Å². The molecule has 3 aromatic carbocycles. The van der Waals surface area contributed by atoms with Crippen LogP contribution in [0, 0.1) is 0 Å². The van der Waals surface area contributed by atoms with Gasteiger partial charge in [-0.15, -0.1) is 10.2 Å². The molecule has 1 heterocycles. The zero-order valence-electron chi connectivity index (χ0n) is 16.2. The van der Waals surface area contributed by atoms with Crippen molar-refractivity contribution in [1.29, 1.82) is 0 Å². The van der Waals surface area contributed by atoms with Gasteiger partial charge in [-0.2, -0.15) is 4.80 Å². The molecule has 4 rings (SSSR count). The first-order valence-electron chi connectivity index (χ1n) is 9.39. The fourth-order valence-electron chi connectivity index (χ4n) is 2.83.